The SMILES string of the molecule is C[C@]12CC[C@@H]3c4c(CCCCCCCCC[S+]([O-])CCCC(F)(F)C(F)(F)F)cc(O)cc4CC[C@H]3[C@@H]1CC[C@@H]2O. The van der Waals surface area contributed by atoms with Crippen molar-refractivity contribution < 1.29 is 36.7 Å². The highest BCUT2D eigenvalue weighted by atomic mass is 32.2. The second-order valence-electron chi connectivity index (χ2n) is 13.1. The fourth-order valence-electron chi connectivity index (χ4n) is 8.15. The Labute approximate surface area is 244 Å². The highest BCUT2D eigenvalue weighted by molar-refractivity contribution is 7.91. The first-order valence-corrected chi connectivity index (χ1v) is 17.1. The standard InChI is InChI=1S/C32H47F5O3S/c1-30-17-15-26-25(27(30)13-14-28(30)39)12-11-23-21-24(38)20-22(29(23)26)10-7-5-3-2-4-6-8-18-41(40)19-9-16-31(33,34)32(35,36)37/h20-21,25-28,38-39H,2-19H2,1H3/t25-,26+,27+,28+,30+,41?/m1/s1. The lowest BCUT2D eigenvalue weighted by Crippen LogP contribution is -2.44. The van der Waals surface area contributed by atoms with Crippen molar-refractivity contribution in [1.29, 1.82) is 0 Å². The molecule has 41 heavy (non-hydrogen) atoms. The predicted octanol–water partition coefficient (Wildman–Crippen LogP) is 8.61. The highest BCUT2D eigenvalue weighted by Crippen LogP contribution is 2.61. The first-order chi connectivity index (χ1) is 19.3. The van der Waals surface area contributed by atoms with Crippen molar-refractivity contribution in [3.05, 3.63) is 28.8 Å². The number of aliphatic hydroxyl groups is 1. The minimum Gasteiger partial charge on any atom is -0.616 e. The van der Waals surface area contributed by atoms with E-state index in [0.717, 1.165) is 83.5 Å². The fourth-order valence-corrected chi connectivity index (χ4v) is 9.35. The summed E-state index contributed by atoms with van der Waals surface area (Å²) >= 11 is -1.36. The van der Waals surface area contributed by atoms with E-state index in [1.165, 1.54) is 16.7 Å². The molecule has 1 unspecified atom stereocenters. The molecule has 1 aromatic rings. The minimum absolute atomic E-state index is 0.0547. The third-order valence-corrected chi connectivity index (χ3v) is 11.9. The van der Waals surface area contributed by atoms with Crippen LogP contribution >= 0.6 is 0 Å². The predicted molar refractivity (Wildman–Crippen MR) is 153 cm³/mol. The Morgan fingerprint density at radius 3 is 2.27 bits per heavy atom. The van der Waals surface area contributed by atoms with Crippen LogP contribution in [-0.2, 0) is 24.0 Å². The molecule has 3 nitrogen and oxygen atoms in total. The van der Waals surface area contributed by atoms with Gasteiger partial charge in [0.2, 0.25) is 0 Å². The number of benzene rings is 1. The van der Waals surface area contributed by atoms with Crippen molar-refractivity contribution in [1.82, 2.24) is 0 Å². The van der Waals surface area contributed by atoms with Crippen molar-refractivity contribution in [2.24, 2.45) is 17.3 Å². The zero-order valence-electron chi connectivity index (χ0n) is 24.3. The molecular weight excluding hydrogens is 559 g/mol. The Balaban J connectivity index is 1.14. The third-order valence-electron chi connectivity index (χ3n) is 10.4. The minimum atomic E-state index is -5.54. The lowest BCUT2D eigenvalue weighted by molar-refractivity contribution is -0.284. The van der Waals surface area contributed by atoms with Gasteiger partial charge in [-0.2, -0.15) is 22.0 Å². The monoisotopic (exact) mass is 606 g/mol. The Morgan fingerprint density at radius 1 is 0.902 bits per heavy atom. The largest absolute Gasteiger partial charge is 0.616 e. The van der Waals surface area contributed by atoms with Crippen LogP contribution in [0.15, 0.2) is 12.1 Å². The van der Waals surface area contributed by atoms with E-state index in [1.807, 2.05) is 12.1 Å². The molecule has 3 aliphatic rings. The topological polar surface area (TPSA) is 63.5 Å². The third kappa shape index (κ3) is 7.72. The number of fused-ring (bicyclic) bond motifs is 5. The summed E-state index contributed by atoms with van der Waals surface area (Å²) in [6.07, 6.45) is 6.75. The van der Waals surface area contributed by atoms with Crippen LogP contribution in [0.25, 0.3) is 0 Å². The first kappa shape index (κ1) is 32.8. The van der Waals surface area contributed by atoms with Gasteiger partial charge >= 0.3 is 12.1 Å². The number of rotatable bonds is 14. The maximum atomic E-state index is 12.9. The van der Waals surface area contributed by atoms with E-state index < -0.39 is 36.1 Å². The Bertz CT molecular complexity index is 1000. The molecule has 0 saturated heterocycles. The van der Waals surface area contributed by atoms with Gasteiger partial charge in [0.05, 0.1) is 6.10 Å². The van der Waals surface area contributed by atoms with Crippen LogP contribution < -0.4 is 0 Å². The van der Waals surface area contributed by atoms with Gasteiger partial charge < -0.3 is 14.8 Å². The lowest BCUT2D eigenvalue weighted by Gasteiger charge is -2.50. The van der Waals surface area contributed by atoms with Gasteiger partial charge in [-0.25, -0.2) is 0 Å². The van der Waals surface area contributed by atoms with Crippen molar-refractivity contribution in [2.45, 2.75) is 134 Å². The van der Waals surface area contributed by atoms with Gasteiger partial charge in [-0.05, 0) is 123 Å². The summed E-state index contributed by atoms with van der Waals surface area (Å²) in [5, 5.41) is 21.1. The maximum Gasteiger partial charge on any atom is 0.453 e. The quantitative estimate of drug-likeness (QED) is 0.127. The number of phenolic OH excluding ortho intramolecular Hbond substituents is 1. The van der Waals surface area contributed by atoms with Gasteiger partial charge in [0, 0.05) is 6.42 Å². The van der Waals surface area contributed by atoms with Crippen LogP contribution in [0.4, 0.5) is 22.0 Å². The molecule has 2 N–H and O–H groups in total. The van der Waals surface area contributed by atoms with E-state index >= 15 is 0 Å². The molecule has 2 saturated carbocycles. The van der Waals surface area contributed by atoms with Crippen LogP contribution in [0, 0.1) is 17.3 Å². The number of hydrogen-bond donors (Lipinski definition) is 2. The number of halogens is 5. The van der Waals surface area contributed by atoms with Gasteiger partial charge in [-0.1, -0.05) is 43.8 Å². The molecule has 0 heterocycles. The summed E-state index contributed by atoms with van der Waals surface area (Å²) in [6, 6.07) is 3.94. The molecule has 0 aliphatic heterocycles. The number of aromatic hydroxyl groups is 1. The molecule has 3 aliphatic carbocycles. The second-order valence-corrected chi connectivity index (χ2v) is 14.8. The van der Waals surface area contributed by atoms with Crippen LogP contribution in [0.1, 0.15) is 119 Å². The maximum absolute atomic E-state index is 12.9. The van der Waals surface area contributed by atoms with E-state index in [2.05, 4.69) is 6.92 Å². The van der Waals surface area contributed by atoms with Crippen LogP contribution in [-0.4, -0.2) is 44.5 Å². The molecule has 0 radical (unpaired) electrons. The summed E-state index contributed by atoms with van der Waals surface area (Å²) in [5.41, 5.74) is 4.15. The van der Waals surface area contributed by atoms with E-state index in [9.17, 15) is 36.7 Å². The number of aliphatic hydroxyl groups excluding tert-OH is 1. The molecule has 2 fully saturated rings. The average Bonchev–Trinajstić information content (AvgIpc) is 3.20. The molecule has 234 valence electrons. The van der Waals surface area contributed by atoms with Crippen LogP contribution in [0.3, 0.4) is 0 Å². The van der Waals surface area contributed by atoms with Crippen LogP contribution in [0.5, 0.6) is 5.75 Å². The van der Waals surface area contributed by atoms with Crippen molar-refractivity contribution in [3.8, 4) is 5.75 Å². The zero-order valence-corrected chi connectivity index (χ0v) is 25.1. The number of alkyl halides is 5. The molecule has 0 amide bonds. The normalized spacial score (nSPS) is 28.7. The van der Waals surface area contributed by atoms with E-state index in [4.69, 9.17) is 0 Å². The molecule has 4 rings (SSSR count). The lowest BCUT2D eigenvalue weighted by atomic mass is 9.55. The van der Waals surface area contributed by atoms with E-state index in [1.54, 1.807) is 0 Å². The Morgan fingerprint density at radius 2 is 1.56 bits per heavy atom. The van der Waals surface area contributed by atoms with Crippen LogP contribution in [0.2, 0.25) is 0 Å². The number of hydrogen-bond acceptors (Lipinski definition) is 3. The van der Waals surface area contributed by atoms with Gasteiger partial charge in [-0.3, -0.25) is 0 Å². The zero-order chi connectivity index (χ0) is 29.8. The van der Waals surface area contributed by atoms with Gasteiger partial charge in [-0.15, -0.1) is 0 Å². The van der Waals surface area contributed by atoms with E-state index in [-0.39, 0.29) is 17.3 Å². The Kier molecular flexibility index (Phi) is 11.0. The second kappa shape index (κ2) is 13.7. The van der Waals surface area contributed by atoms with Crippen molar-refractivity contribution >= 4 is 11.2 Å². The van der Waals surface area contributed by atoms with Crippen molar-refractivity contribution in [2.75, 3.05) is 11.5 Å². The highest BCUT2D eigenvalue weighted by Gasteiger charge is 2.57. The average molecular weight is 607 g/mol. The first-order valence-electron chi connectivity index (χ1n) is 15.7. The summed E-state index contributed by atoms with van der Waals surface area (Å²) in [6.45, 7) is 2.30. The van der Waals surface area contributed by atoms with Gasteiger partial charge in [0.25, 0.3) is 0 Å². The fraction of sp³-hybridized carbons (Fsp3) is 0.812. The molecule has 0 aromatic heterocycles. The van der Waals surface area contributed by atoms with Crippen molar-refractivity contribution in [3.63, 3.8) is 0 Å². The number of unbranched alkanes of at least 4 members (excludes halogenated alkanes) is 6. The molecule has 9 heteroatoms. The van der Waals surface area contributed by atoms with Gasteiger partial charge in [0.15, 0.2) is 0 Å². The van der Waals surface area contributed by atoms with Gasteiger partial charge in [0.1, 0.15) is 17.3 Å². The van der Waals surface area contributed by atoms with E-state index in [0.29, 0.717) is 35.7 Å². The number of phenols is 1. The smallest absolute Gasteiger partial charge is 0.453 e. The molecular formula is C32H47F5O3S. The molecule has 0 bridgehead atoms. The summed E-state index contributed by atoms with van der Waals surface area (Å²) in [7, 11) is 0. The summed E-state index contributed by atoms with van der Waals surface area (Å²) in [5.74, 6) is -2.38. The molecule has 6 atom stereocenters. The molecule has 1 aromatic carbocycles. The molecule has 0 spiro atoms. The number of aryl methyl sites for hydroxylation is 2. The Hall–Kier alpha value is -1.06. The summed E-state index contributed by atoms with van der Waals surface area (Å²) in [4.78, 5) is 0. The summed E-state index contributed by atoms with van der Waals surface area (Å²) < 4.78 is 74.4.